The zero-order valence-electron chi connectivity index (χ0n) is 26.8. The largest absolute Gasteiger partial charge is 0.338 e. The molecule has 0 saturated carbocycles. The summed E-state index contributed by atoms with van der Waals surface area (Å²) in [5.74, 6) is 1.32. The lowest BCUT2D eigenvalue weighted by Gasteiger charge is -2.37. The number of nitrogens with one attached hydrogen (secondary N) is 2. The van der Waals surface area contributed by atoms with E-state index in [1.807, 2.05) is 78.7 Å². The standard InChI is InChI=1S/C42H30N6O2/c49-26-23-35(29-13-5-1-6-14-29)46-41(50)40-44-36-27-34-38(28-37(36)45-40)48(47-39(34)30-21-24-43-25-22-30)42(31-15-7-2-8-16-31,32-17-9-3-10-18-32)33-19-11-4-12-20-33/h1-25,27-28,35,47H,(H,46,50). The van der Waals surface area contributed by atoms with Crippen LogP contribution in [0.4, 0.5) is 0 Å². The quantitative estimate of drug-likeness (QED) is 0.123. The van der Waals surface area contributed by atoms with E-state index in [2.05, 4.69) is 97.9 Å². The Kier molecular flexibility index (Phi) is 7.89. The second-order valence-corrected chi connectivity index (χ2v) is 11.9. The number of aromatic amines is 1. The molecule has 8 rings (SSSR count). The van der Waals surface area contributed by atoms with Gasteiger partial charge in [-0.25, -0.2) is 14.8 Å². The van der Waals surface area contributed by atoms with E-state index < -0.39 is 17.5 Å². The van der Waals surface area contributed by atoms with E-state index in [0.717, 1.165) is 44.4 Å². The molecule has 0 saturated heterocycles. The third-order valence-electron chi connectivity index (χ3n) is 9.04. The van der Waals surface area contributed by atoms with Crippen LogP contribution in [-0.4, -0.2) is 36.6 Å². The third-order valence-corrected chi connectivity index (χ3v) is 9.04. The van der Waals surface area contributed by atoms with E-state index in [0.29, 0.717) is 11.0 Å². The molecule has 0 aliphatic heterocycles. The minimum Gasteiger partial charge on any atom is -0.338 e. The van der Waals surface area contributed by atoms with E-state index in [1.54, 1.807) is 12.4 Å². The zero-order chi connectivity index (χ0) is 33.9. The zero-order valence-corrected chi connectivity index (χ0v) is 26.8. The lowest BCUT2D eigenvalue weighted by Crippen LogP contribution is -2.38. The topological polar surface area (TPSA) is 106 Å². The molecule has 0 bridgehead atoms. The van der Waals surface area contributed by atoms with Crippen LogP contribution < -0.4 is 5.32 Å². The summed E-state index contributed by atoms with van der Waals surface area (Å²) in [6.45, 7) is 0. The number of carbonyl (C=O) groups is 1. The first kappa shape index (κ1) is 30.4. The summed E-state index contributed by atoms with van der Waals surface area (Å²) in [6, 6.07) is 47.7. The van der Waals surface area contributed by atoms with Gasteiger partial charge in [-0.2, -0.15) is 0 Å². The molecule has 240 valence electrons. The number of hydrogen-bond donors (Lipinski definition) is 2. The van der Waals surface area contributed by atoms with Crippen molar-refractivity contribution < 1.29 is 9.59 Å². The van der Waals surface area contributed by atoms with Crippen molar-refractivity contribution in [3.05, 3.63) is 192 Å². The first-order valence-electron chi connectivity index (χ1n) is 16.2. The average molecular weight is 651 g/mol. The Morgan fingerprint density at radius 3 is 1.78 bits per heavy atom. The van der Waals surface area contributed by atoms with Crippen LogP contribution in [-0.2, 0) is 10.3 Å². The van der Waals surface area contributed by atoms with Crippen molar-refractivity contribution >= 4 is 33.8 Å². The van der Waals surface area contributed by atoms with Crippen molar-refractivity contribution in [3.63, 3.8) is 0 Å². The van der Waals surface area contributed by atoms with Crippen molar-refractivity contribution in [2.75, 3.05) is 0 Å². The predicted molar refractivity (Wildman–Crippen MR) is 194 cm³/mol. The number of H-pyrrole nitrogens is 1. The Balaban J connectivity index is 1.38. The highest BCUT2D eigenvalue weighted by atomic mass is 16.2. The minimum atomic E-state index is -0.842. The summed E-state index contributed by atoms with van der Waals surface area (Å²) in [5.41, 5.74) is 6.85. The van der Waals surface area contributed by atoms with Crippen molar-refractivity contribution in [1.29, 1.82) is 0 Å². The van der Waals surface area contributed by atoms with E-state index in [1.165, 1.54) is 6.08 Å². The summed E-state index contributed by atoms with van der Waals surface area (Å²) in [7, 11) is 0. The highest BCUT2D eigenvalue weighted by molar-refractivity contribution is 6.03. The van der Waals surface area contributed by atoms with Gasteiger partial charge in [-0.1, -0.05) is 121 Å². The number of nitrogens with zero attached hydrogens (tertiary/aromatic N) is 4. The molecule has 3 aromatic heterocycles. The van der Waals surface area contributed by atoms with E-state index in [4.69, 9.17) is 4.98 Å². The van der Waals surface area contributed by atoms with E-state index >= 15 is 0 Å². The second-order valence-electron chi connectivity index (χ2n) is 11.9. The molecule has 1 unspecified atom stereocenters. The number of amides is 1. The molecule has 2 N–H and O–H groups in total. The normalized spacial score (nSPS) is 12.0. The van der Waals surface area contributed by atoms with Gasteiger partial charge in [-0.05, 0) is 46.5 Å². The minimum absolute atomic E-state index is 0.00863. The molecule has 5 aromatic carbocycles. The van der Waals surface area contributed by atoms with Crippen molar-refractivity contribution in [3.8, 4) is 11.3 Å². The molecule has 0 radical (unpaired) electrons. The van der Waals surface area contributed by atoms with Crippen molar-refractivity contribution in [1.82, 2.24) is 30.0 Å². The van der Waals surface area contributed by atoms with Gasteiger partial charge < -0.3 is 5.32 Å². The number of pyridine rings is 1. The number of hydrogen-bond acceptors (Lipinski definition) is 5. The predicted octanol–water partition coefficient (Wildman–Crippen LogP) is 7.67. The summed E-state index contributed by atoms with van der Waals surface area (Å²) in [5, 5.41) is 7.60. The van der Waals surface area contributed by atoms with Gasteiger partial charge in [0.15, 0.2) is 0 Å². The van der Waals surface area contributed by atoms with E-state index in [-0.39, 0.29) is 5.82 Å². The molecule has 0 fully saturated rings. The maximum atomic E-state index is 13.6. The molecular formula is C42H30N6O2. The number of carbonyl (C=O) groups excluding carboxylic acids is 2. The monoisotopic (exact) mass is 650 g/mol. The van der Waals surface area contributed by atoms with Gasteiger partial charge in [-0.3, -0.25) is 19.6 Å². The lowest BCUT2D eigenvalue weighted by molar-refractivity contribution is 0.0935. The number of aromatic nitrogens is 5. The van der Waals surface area contributed by atoms with Crippen LogP contribution in [0.15, 0.2) is 164 Å². The Labute approximate surface area is 287 Å². The molecular weight excluding hydrogens is 621 g/mol. The third kappa shape index (κ3) is 5.26. The van der Waals surface area contributed by atoms with Crippen LogP contribution in [0.3, 0.4) is 0 Å². The highest BCUT2D eigenvalue weighted by Crippen LogP contribution is 2.44. The lowest BCUT2D eigenvalue weighted by atomic mass is 9.77. The molecule has 1 atom stereocenters. The van der Waals surface area contributed by atoms with Gasteiger partial charge in [-0.15, -0.1) is 0 Å². The fraction of sp³-hybridized carbons (Fsp3) is 0.0476. The SMILES string of the molecule is O=C=CC(NC(=O)c1nc2cc3c(-c4ccncc4)[nH]n(C(c4ccccc4)(c4ccccc4)c4ccccc4)c3cc2n1)c1ccccc1. The van der Waals surface area contributed by atoms with Gasteiger partial charge >= 0.3 is 0 Å². The summed E-state index contributed by atoms with van der Waals surface area (Å²) in [4.78, 5) is 38.6. The number of rotatable bonds is 9. The molecule has 0 spiro atoms. The highest BCUT2D eigenvalue weighted by Gasteiger charge is 2.40. The molecule has 8 aromatic rings. The Morgan fingerprint density at radius 2 is 1.24 bits per heavy atom. The maximum Gasteiger partial charge on any atom is 0.289 e. The molecule has 0 aliphatic carbocycles. The van der Waals surface area contributed by atoms with Gasteiger partial charge in [0.05, 0.1) is 28.3 Å². The molecule has 8 nitrogen and oxygen atoms in total. The van der Waals surface area contributed by atoms with Gasteiger partial charge in [0.1, 0.15) is 11.5 Å². The van der Waals surface area contributed by atoms with Crippen molar-refractivity contribution in [2.45, 2.75) is 11.6 Å². The maximum absolute atomic E-state index is 13.6. The Hall–Kier alpha value is -6.89. The first-order valence-corrected chi connectivity index (χ1v) is 16.2. The van der Waals surface area contributed by atoms with Crippen LogP contribution in [0.2, 0.25) is 0 Å². The summed E-state index contributed by atoms with van der Waals surface area (Å²) < 4.78 is 2.20. The van der Waals surface area contributed by atoms with Crippen LogP contribution >= 0.6 is 0 Å². The second kappa shape index (κ2) is 13.0. The average Bonchev–Trinajstić information content (AvgIpc) is 3.78. The fourth-order valence-electron chi connectivity index (χ4n) is 6.80. The Morgan fingerprint density at radius 1 is 0.720 bits per heavy atom. The van der Waals surface area contributed by atoms with Crippen LogP contribution in [0.5, 0.6) is 0 Å². The summed E-state index contributed by atoms with van der Waals surface area (Å²) in [6.07, 6.45) is 4.82. The molecule has 50 heavy (non-hydrogen) atoms. The molecule has 8 heteroatoms. The first-order chi connectivity index (χ1) is 24.7. The smallest absolute Gasteiger partial charge is 0.289 e. The molecule has 1 amide bonds. The van der Waals surface area contributed by atoms with Crippen LogP contribution in [0.1, 0.15) is 38.9 Å². The van der Waals surface area contributed by atoms with Gasteiger partial charge in [0, 0.05) is 29.4 Å². The fourth-order valence-corrected chi connectivity index (χ4v) is 6.80. The van der Waals surface area contributed by atoms with Crippen molar-refractivity contribution in [2.24, 2.45) is 0 Å². The van der Waals surface area contributed by atoms with Gasteiger partial charge in [0.2, 0.25) is 5.82 Å². The van der Waals surface area contributed by atoms with Crippen LogP contribution in [0, 0.1) is 0 Å². The van der Waals surface area contributed by atoms with E-state index in [9.17, 15) is 9.59 Å². The Bertz CT molecular complexity index is 2380. The summed E-state index contributed by atoms with van der Waals surface area (Å²) >= 11 is 0. The number of fused-ring (bicyclic) bond motifs is 2. The molecule has 3 heterocycles. The number of benzene rings is 5. The van der Waals surface area contributed by atoms with Crippen LogP contribution in [0.25, 0.3) is 33.2 Å². The molecule has 0 aliphatic rings. The number of imidazole rings is 1. The van der Waals surface area contributed by atoms with Gasteiger partial charge in [0.25, 0.3) is 5.91 Å².